The number of aromatic hydroxyl groups is 1. The highest BCUT2D eigenvalue weighted by atomic mass is 32.2. The molecule has 1 saturated heterocycles. The molecular formula is C11H16N2O3S. The minimum absolute atomic E-state index is 0.0484. The zero-order chi connectivity index (χ0) is 12.5. The van der Waals surface area contributed by atoms with Crippen LogP contribution in [0.25, 0.3) is 0 Å². The number of phenols is 1. The van der Waals surface area contributed by atoms with Crippen molar-refractivity contribution in [2.75, 3.05) is 17.8 Å². The Morgan fingerprint density at radius 1 is 1.29 bits per heavy atom. The van der Waals surface area contributed by atoms with Crippen molar-refractivity contribution in [1.29, 1.82) is 0 Å². The third-order valence-corrected chi connectivity index (χ3v) is 4.32. The van der Waals surface area contributed by atoms with Gasteiger partial charge in [0.15, 0.2) is 0 Å². The van der Waals surface area contributed by atoms with Gasteiger partial charge in [-0.05, 0) is 37.5 Å². The predicted molar refractivity (Wildman–Crippen MR) is 66.2 cm³/mol. The van der Waals surface area contributed by atoms with E-state index in [1.54, 1.807) is 12.1 Å². The molecule has 0 bridgehead atoms. The highest BCUT2D eigenvalue weighted by Crippen LogP contribution is 2.26. The Morgan fingerprint density at radius 3 is 2.53 bits per heavy atom. The average Bonchev–Trinajstić information content (AvgIpc) is 2.76. The van der Waals surface area contributed by atoms with E-state index in [4.69, 9.17) is 0 Å². The van der Waals surface area contributed by atoms with Crippen LogP contribution in [0.4, 0.5) is 5.69 Å². The molecule has 0 aromatic heterocycles. The van der Waals surface area contributed by atoms with Crippen LogP contribution < -0.4 is 4.72 Å². The standard InChI is InChI=1S/C11H16N2O3S/c1-9-4-5-10(11(14)8-9)12-17(15,16)13-6-2-3-7-13/h4-5,8,12,14H,2-3,6-7H2,1H3. The first-order valence-corrected chi connectivity index (χ1v) is 7.00. The summed E-state index contributed by atoms with van der Waals surface area (Å²) in [5, 5.41) is 9.65. The Labute approximate surface area is 101 Å². The minimum atomic E-state index is -3.53. The number of phenolic OH excluding ortho intramolecular Hbond substituents is 1. The van der Waals surface area contributed by atoms with Gasteiger partial charge in [-0.2, -0.15) is 12.7 Å². The van der Waals surface area contributed by atoms with Crippen LogP contribution in [-0.2, 0) is 10.2 Å². The third-order valence-electron chi connectivity index (χ3n) is 2.80. The van der Waals surface area contributed by atoms with E-state index in [0.717, 1.165) is 18.4 Å². The summed E-state index contributed by atoms with van der Waals surface area (Å²) < 4.78 is 27.7. The number of hydrogen-bond acceptors (Lipinski definition) is 3. The number of nitrogens with one attached hydrogen (secondary N) is 1. The first kappa shape index (κ1) is 12.2. The molecule has 1 aliphatic rings. The Morgan fingerprint density at radius 2 is 1.94 bits per heavy atom. The van der Waals surface area contributed by atoms with Gasteiger partial charge in [-0.1, -0.05) is 6.07 Å². The van der Waals surface area contributed by atoms with Gasteiger partial charge < -0.3 is 5.11 Å². The lowest BCUT2D eigenvalue weighted by molar-refractivity contribution is 0.472. The van der Waals surface area contributed by atoms with Crippen molar-refractivity contribution < 1.29 is 13.5 Å². The van der Waals surface area contributed by atoms with Gasteiger partial charge in [0.1, 0.15) is 5.75 Å². The Bertz CT molecular complexity index is 507. The summed E-state index contributed by atoms with van der Waals surface area (Å²) in [4.78, 5) is 0. The summed E-state index contributed by atoms with van der Waals surface area (Å²) in [6.07, 6.45) is 1.78. The molecule has 0 spiro atoms. The molecule has 0 atom stereocenters. The van der Waals surface area contributed by atoms with E-state index in [1.165, 1.54) is 10.4 Å². The van der Waals surface area contributed by atoms with Crippen LogP contribution in [0.15, 0.2) is 18.2 Å². The maximum atomic E-state index is 11.9. The normalized spacial score (nSPS) is 17.2. The maximum absolute atomic E-state index is 11.9. The molecule has 1 aromatic carbocycles. The fourth-order valence-electron chi connectivity index (χ4n) is 1.86. The molecule has 94 valence electrons. The third kappa shape index (κ3) is 2.70. The second-order valence-corrected chi connectivity index (χ2v) is 5.90. The molecule has 0 saturated carbocycles. The van der Waals surface area contributed by atoms with E-state index < -0.39 is 10.2 Å². The molecule has 6 heteroatoms. The predicted octanol–water partition coefficient (Wildman–Crippen LogP) is 1.45. The van der Waals surface area contributed by atoms with Gasteiger partial charge in [-0.25, -0.2) is 0 Å². The van der Waals surface area contributed by atoms with Crippen LogP contribution in [0.2, 0.25) is 0 Å². The summed E-state index contributed by atoms with van der Waals surface area (Å²) in [5.74, 6) is -0.0484. The number of hydrogen-bond donors (Lipinski definition) is 2. The molecule has 1 fully saturated rings. The van der Waals surface area contributed by atoms with Crippen LogP contribution in [0.5, 0.6) is 5.75 Å². The highest BCUT2D eigenvalue weighted by molar-refractivity contribution is 7.90. The van der Waals surface area contributed by atoms with Gasteiger partial charge in [0.25, 0.3) is 0 Å². The second kappa shape index (κ2) is 4.54. The van der Waals surface area contributed by atoms with Gasteiger partial charge in [0.05, 0.1) is 5.69 Å². The molecule has 0 unspecified atom stereocenters. The topological polar surface area (TPSA) is 69.6 Å². The Hall–Kier alpha value is -1.27. The van der Waals surface area contributed by atoms with E-state index in [9.17, 15) is 13.5 Å². The lowest BCUT2D eigenvalue weighted by Crippen LogP contribution is -2.33. The largest absolute Gasteiger partial charge is 0.506 e. The van der Waals surface area contributed by atoms with E-state index in [0.29, 0.717) is 13.1 Å². The van der Waals surface area contributed by atoms with Crippen LogP contribution in [-0.4, -0.2) is 30.9 Å². The average molecular weight is 256 g/mol. The monoisotopic (exact) mass is 256 g/mol. The second-order valence-electron chi connectivity index (χ2n) is 4.23. The SMILES string of the molecule is Cc1ccc(NS(=O)(=O)N2CCCC2)c(O)c1. The van der Waals surface area contributed by atoms with Crippen LogP contribution >= 0.6 is 0 Å². The fourth-order valence-corrected chi connectivity index (χ4v) is 3.18. The van der Waals surface area contributed by atoms with E-state index in [2.05, 4.69) is 4.72 Å². The van der Waals surface area contributed by atoms with Crippen LogP contribution in [0, 0.1) is 6.92 Å². The Kier molecular flexibility index (Phi) is 3.26. The van der Waals surface area contributed by atoms with Crippen molar-refractivity contribution in [1.82, 2.24) is 4.31 Å². The highest BCUT2D eigenvalue weighted by Gasteiger charge is 2.25. The van der Waals surface area contributed by atoms with E-state index in [1.807, 2.05) is 6.92 Å². The number of anilines is 1. The van der Waals surface area contributed by atoms with Gasteiger partial charge in [0.2, 0.25) is 0 Å². The summed E-state index contributed by atoms with van der Waals surface area (Å²) in [6.45, 7) is 2.92. The first-order valence-electron chi connectivity index (χ1n) is 5.56. The van der Waals surface area contributed by atoms with E-state index in [-0.39, 0.29) is 11.4 Å². The van der Waals surface area contributed by atoms with Crippen molar-refractivity contribution in [3.05, 3.63) is 23.8 Å². The lowest BCUT2D eigenvalue weighted by Gasteiger charge is -2.17. The smallest absolute Gasteiger partial charge is 0.301 e. The maximum Gasteiger partial charge on any atom is 0.301 e. The minimum Gasteiger partial charge on any atom is -0.506 e. The molecule has 0 amide bonds. The molecule has 17 heavy (non-hydrogen) atoms. The molecule has 5 nitrogen and oxygen atoms in total. The summed E-state index contributed by atoms with van der Waals surface area (Å²) in [5.41, 5.74) is 1.11. The molecule has 0 aliphatic carbocycles. The first-order chi connectivity index (χ1) is 7.99. The van der Waals surface area contributed by atoms with Crippen molar-refractivity contribution >= 4 is 15.9 Å². The van der Waals surface area contributed by atoms with Crippen LogP contribution in [0.3, 0.4) is 0 Å². The number of rotatable bonds is 3. The van der Waals surface area contributed by atoms with Gasteiger partial charge in [-0.3, -0.25) is 4.72 Å². The summed E-state index contributed by atoms with van der Waals surface area (Å²) in [7, 11) is -3.53. The zero-order valence-electron chi connectivity index (χ0n) is 9.68. The molecule has 2 rings (SSSR count). The number of aryl methyl sites for hydroxylation is 1. The summed E-state index contributed by atoms with van der Waals surface area (Å²) in [6, 6.07) is 4.85. The number of benzene rings is 1. The van der Waals surface area contributed by atoms with Crippen molar-refractivity contribution in [3.8, 4) is 5.75 Å². The van der Waals surface area contributed by atoms with Gasteiger partial charge in [0, 0.05) is 13.1 Å². The van der Waals surface area contributed by atoms with E-state index >= 15 is 0 Å². The fraction of sp³-hybridized carbons (Fsp3) is 0.455. The van der Waals surface area contributed by atoms with Gasteiger partial charge >= 0.3 is 10.2 Å². The van der Waals surface area contributed by atoms with Crippen molar-refractivity contribution in [2.45, 2.75) is 19.8 Å². The molecule has 1 aliphatic heterocycles. The Balaban J connectivity index is 2.19. The molecule has 1 heterocycles. The number of nitrogens with zero attached hydrogens (tertiary/aromatic N) is 1. The lowest BCUT2D eigenvalue weighted by atomic mass is 10.2. The van der Waals surface area contributed by atoms with Crippen LogP contribution in [0.1, 0.15) is 18.4 Å². The molecule has 2 N–H and O–H groups in total. The van der Waals surface area contributed by atoms with Crippen molar-refractivity contribution in [2.24, 2.45) is 0 Å². The van der Waals surface area contributed by atoms with Crippen molar-refractivity contribution in [3.63, 3.8) is 0 Å². The molecular weight excluding hydrogens is 240 g/mol. The zero-order valence-corrected chi connectivity index (χ0v) is 10.5. The van der Waals surface area contributed by atoms with Gasteiger partial charge in [-0.15, -0.1) is 0 Å². The summed E-state index contributed by atoms with van der Waals surface area (Å²) >= 11 is 0. The molecule has 1 aromatic rings. The quantitative estimate of drug-likeness (QED) is 0.804. The molecule has 0 radical (unpaired) electrons.